The molecule has 4 heteroatoms. The second-order valence-corrected chi connectivity index (χ2v) is 4.48. The number of hydrogen-bond donors (Lipinski definition) is 0. The summed E-state index contributed by atoms with van der Waals surface area (Å²) in [6.45, 7) is 0. The van der Waals surface area contributed by atoms with Gasteiger partial charge in [0.05, 0.1) is 5.52 Å². The van der Waals surface area contributed by atoms with Gasteiger partial charge in [0.25, 0.3) is 0 Å². The van der Waals surface area contributed by atoms with Gasteiger partial charge < -0.3 is 0 Å². The molecule has 0 bridgehead atoms. The lowest BCUT2D eigenvalue weighted by Crippen LogP contribution is -1.92. The van der Waals surface area contributed by atoms with Crippen molar-refractivity contribution in [3.63, 3.8) is 0 Å². The van der Waals surface area contributed by atoms with Gasteiger partial charge in [0, 0.05) is 5.02 Å². The zero-order valence-electron chi connectivity index (χ0n) is 9.99. The van der Waals surface area contributed by atoms with Gasteiger partial charge >= 0.3 is 0 Å². The summed E-state index contributed by atoms with van der Waals surface area (Å²) in [6.07, 6.45) is 3.77. The van der Waals surface area contributed by atoms with Crippen LogP contribution in [0.1, 0.15) is 11.4 Å². The Hall–Kier alpha value is -2.26. The van der Waals surface area contributed by atoms with Crippen molar-refractivity contribution in [1.82, 2.24) is 15.2 Å². The largest absolute Gasteiger partial charge is 0.225 e. The lowest BCUT2D eigenvalue weighted by Gasteiger charge is -1.96. The average Bonchev–Trinajstić information content (AvgIpc) is 2.46. The van der Waals surface area contributed by atoms with Crippen LogP contribution in [-0.4, -0.2) is 15.2 Å². The third-order valence-electron chi connectivity index (χ3n) is 2.67. The monoisotopic (exact) mass is 267 g/mol. The van der Waals surface area contributed by atoms with E-state index in [4.69, 9.17) is 11.6 Å². The SMILES string of the molecule is Clc1ccc(/C=C\c2nnc3ccccc3n2)cc1. The van der Waals surface area contributed by atoms with E-state index in [0.717, 1.165) is 21.6 Å². The standard InChI is InChI=1S/C15H10ClN3/c16-12-8-5-11(6-9-12)7-10-15-17-13-3-1-2-4-14(13)18-19-15/h1-10H/b10-7-. The van der Waals surface area contributed by atoms with Crippen LogP contribution in [0.5, 0.6) is 0 Å². The van der Waals surface area contributed by atoms with Crippen molar-refractivity contribution in [3.8, 4) is 0 Å². The summed E-state index contributed by atoms with van der Waals surface area (Å²) < 4.78 is 0. The Kier molecular flexibility index (Phi) is 3.21. The van der Waals surface area contributed by atoms with Crippen LogP contribution in [-0.2, 0) is 0 Å². The molecule has 0 aliphatic rings. The predicted molar refractivity (Wildman–Crippen MR) is 77.7 cm³/mol. The number of halogens is 1. The van der Waals surface area contributed by atoms with Crippen molar-refractivity contribution in [2.24, 2.45) is 0 Å². The maximum atomic E-state index is 5.84. The highest BCUT2D eigenvalue weighted by molar-refractivity contribution is 6.30. The van der Waals surface area contributed by atoms with Crippen LogP contribution in [0.2, 0.25) is 5.02 Å². The molecule has 1 aromatic heterocycles. The van der Waals surface area contributed by atoms with Crippen molar-refractivity contribution >= 4 is 34.8 Å². The van der Waals surface area contributed by atoms with E-state index in [9.17, 15) is 0 Å². The smallest absolute Gasteiger partial charge is 0.175 e. The van der Waals surface area contributed by atoms with Crippen LogP contribution in [0.3, 0.4) is 0 Å². The summed E-state index contributed by atoms with van der Waals surface area (Å²) in [7, 11) is 0. The number of benzene rings is 2. The molecular formula is C15H10ClN3. The molecule has 92 valence electrons. The number of fused-ring (bicyclic) bond motifs is 1. The highest BCUT2D eigenvalue weighted by Gasteiger charge is 1.97. The van der Waals surface area contributed by atoms with Crippen molar-refractivity contribution in [1.29, 1.82) is 0 Å². The van der Waals surface area contributed by atoms with Crippen LogP contribution in [0.25, 0.3) is 23.2 Å². The van der Waals surface area contributed by atoms with Crippen molar-refractivity contribution < 1.29 is 0 Å². The van der Waals surface area contributed by atoms with E-state index >= 15 is 0 Å². The summed E-state index contributed by atoms with van der Waals surface area (Å²) in [5.74, 6) is 0.591. The number of aromatic nitrogens is 3. The van der Waals surface area contributed by atoms with Gasteiger partial charge in [0.2, 0.25) is 0 Å². The predicted octanol–water partition coefficient (Wildman–Crippen LogP) is 3.85. The molecule has 0 radical (unpaired) electrons. The molecule has 0 amide bonds. The third-order valence-corrected chi connectivity index (χ3v) is 2.92. The fourth-order valence-corrected chi connectivity index (χ4v) is 1.84. The molecule has 0 spiro atoms. The molecule has 3 rings (SSSR count). The molecule has 0 fully saturated rings. The molecule has 2 aromatic carbocycles. The Morgan fingerprint density at radius 2 is 1.53 bits per heavy atom. The fraction of sp³-hybridized carbons (Fsp3) is 0. The van der Waals surface area contributed by atoms with Gasteiger partial charge in [-0.2, -0.15) is 0 Å². The maximum absolute atomic E-state index is 5.84. The summed E-state index contributed by atoms with van der Waals surface area (Å²) in [6, 6.07) is 15.2. The molecule has 3 aromatic rings. The van der Waals surface area contributed by atoms with Crippen LogP contribution in [0, 0.1) is 0 Å². The molecule has 0 N–H and O–H groups in total. The van der Waals surface area contributed by atoms with E-state index < -0.39 is 0 Å². The summed E-state index contributed by atoms with van der Waals surface area (Å²) in [4.78, 5) is 4.42. The first kappa shape index (κ1) is 11.8. The Balaban J connectivity index is 1.90. The lowest BCUT2D eigenvalue weighted by molar-refractivity contribution is 1.00. The molecular weight excluding hydrogens is 258 g/mol. The quantitative estimate of drug-likeness (QED) is 0.708. The van der Waals surface area contributed by atoms with Gasteiger partial charge in [-0.15, -0.1) is 10.2 Å². The second kappa shape index (κ2) is 5.16. The Bertz CT molecular complexity index is 736. The number of para-hydroxylation sites is 1. The van der Waals surface area contributed by atoms with Crippen LogP contribution < -0.4 is 0 Å². The first-order valence-corrected chi connectivity index (χ1v) is 6.22. The summed E-state index contributed by atoms with van der Waals surface area (Å²) in [5.41, 5.74) is 2.68. The van der Waals surface area contributed by atoms with Crippen LogP contribution in [0.4, 0.5) is 0 Å². The molecule has 3 nitrogen and oxygen atoms in total. The van der Waals surface area contributed by atoms with Gasteiger partial charge in [-0.1, -0.05) is 41.9 Å². The minimum Gasteiger partial charge on any atom is -0.225 e. The van der Waals surface area contributed by atoms with Crippen molar-refractivity contribution in [2.75, 3.05) is 0 Å². The van der Waals surface area contributed by atoms with E-state index in [1.807, 2.05) is 60.7 Å². The molecule has 0 saturated carbocycles. The minimum atomic E-state index is 0.591. The topological polar surface area (TPSA) is 38.7 Å². The lowest BCUT2D eigenvalue weighted by atomic mass is 10.2. The third kappa shape index (κ3) is 2.77. The van der Waals surface area contributed by atoms with Crippen molar-refractivity contribution in [3.05, 3.63) is 64.9 Å². The van der Waals surface area contributed by atoms with Gasteiger partial charge in [-0.3, -0.25) is 0 Å². The van der Waals surface area contributed by atoms with Gasteiger partial charge in [-0.25, -0.2) is 4.98 Å². The van der Waals surface area contributed by atoms with E-state index in [0.29, 0.717) is 5.82 Å². The molecule has 0 aliphatic heterocycles. The Morgan fingerprint density at radius 1 is 0.789 bits per heavy atom. The molecule has 0 unspecified atom stereocenters. The Labute approximate surface area is 115 Å². The van der Waals surface area contributed by atoms with E-state index in [1.165, 1.54) is 0 Å². The molecule has 1 heterocycles. The van der Waals surface area contributed by atoms with Crippen molar-refractivity contribution in [2.45, 2.75) is 0 Å². The van der Waals surface area contributed by atoms with Gasteiger partial charge in [0.15, 0.2) is 5.82 Å². The molecule has 0 atom stereocenters. The number of hydrogen-bond acceptors (Lipinski definition) is 3. The summed E-state index contributed by atoms with van der Waals surface area (Å²) >= 11 is 5.84. The van der Waals surface area contributed by atoms with E-state index in [2.05, 4.69) is 15.2 Å². The van der Waals surface area contributed by atoms with Crippen LogP contribution in [0.15, 0.2) is 48.5 Å². The summed E-state index contributed by atoms with van der Waals surface area (Å²) in [5, 5.41) is 8.91. The Morgan fingerprint density at radius 3 is 2.32 bits per heavy atom. The first-order chi connectivity index (χ1) is 9.31. The molecule has 19 heavy (non-hydrogen) atoms. The van der Waals surface area contributed by atoms with Gasteiger partial charge in [-0.05, 0) is 35.9 Å². The van der Waals surface area contributed by atoms with E-state index in [1.54, 1.807) is 0 Å². The highest BCUT2D eigenvalue weighted by Crippen LogP contribution is 2.12. The average molecular weight is 268 g/mol. The number of nitrogens with zero attached hydrogens (tertiary/aromatic N) is 3. The second-order valence-electron chi connectivity index (χ2n) is 4.04. The molecule has 0 saturated heterocycles. The van der Waals surface area contributed by atoms with Crippen LogP contribution >= 0.6 is 11.6 Å². The highest BCUT2D eigenvalue weighted by atomic mass is 35.5. The van der Waals surface area contributed by atoms with E-state index in [-0.39, 0.29) is 0 Å². The molecule has 0 aliphatic carbocycles. The zero-order valence-corrected chi connectivity index (χ0v) is 10.7. The van der Waals surface area contributed by atoms with Gasteiger partial charge in [0.1, 0.15) is 5.52 Å². The maximum Gasteiger partial charge on any atom is 0.175 e. The first-order valence-electron chi connectivity index (χ1n) is 5.84. The zero-order chi connectivity index (χ0) is 13.1. The number of rotatable bonds is 2. The normalized spacial score (nSPS) is 11.2. The fourth-order valence-electron chi connectivity index (χ4n) is 1.71. The minimum absolute atomic E-state index is 0.591.